The van der Waals surface area contributed by atoms with E-state index in [4.69, 9.17) is 4.74 Å². The second kappa shape index (κ2) is 5.20. The molecule has 7 nitrogen and oxygen atoms in total. The lowest BCUT2D eigenvalue weighted by Crippen LogP contribution is -2.53. The topological polar surface area (TPSA) is 87.3 Å². The van der Waals surface area contributed by atoms with Gasteiger partial charge in [-0.2, -0.15) is 17.4 Å². The Kier molecular flexibility index (Phi) is 3.95. The molecule has 1 aromatic rings. The van der Waals surface area contributed by atoms with E-state index in [2.05, 4.69) is 14.7 Å². The number of nitrogens with one attached hydrogen (secondary N) is 2. The first kappa shape index (κ1) is 14.4. The van der Waals surface area contributed by atoms with Gasteiger partial charge in [-0.3, -0.25) is 0 Å². The number of aromatic amines is 1. The van der Waals surface area contributed by atoms with Gasteiger partial charge in [-0.05, 0) is 20.8 Å². The molecule has 0 aliphatic carbocycles. The van der Waals surface area contributed by atoms with Crippen molar-refractivity contribution in [2.45, 2.75) is 32.4 Å². The molecule has 1 aromatic heterocycles. The third-order valence-corrected chi connectivity index (χ3v) is 4.63. The molecule has 0 aromatic carbocycles. The molecule has 0 radical (unpaired) electrons. The van der Waals surface area contributed by atoms with Gasteiger partial charge in [-0.25, -0.2) is 4.98 Å². The maximum Gasteiger partial charge on any atom is 0.280 e. The van der Waals surface area contributed by atoms with Crippen LogP contribution in [0.4, 0.5) is 0 Å². The summed E-state index contributed by atoms with van der Waals surface area (Å²) in [5.41, 5.74) is -0.457. The lowest BCUT2D eigenvalue weighted by molar-refractivity contribution is -0.0643. The fourth-order valence-electron chi connectivity index (χ4n) is 2.05. The number of aromatic nitrogens is 2. The van der Waals surface area contributed by atoms with Crippen LogP contribution in [-0.2, 0) is 14.9 Å². The summed E-state index contributed by atoms with van der Waals surface area (Å²) in [6.07, 6.45) is 3.26. The zero-order chi connectivity index (χ0) is 14.1. The largest absolute Gasteiger partial charge is 0.373 e. The normalized spacial score (nSPS) is 22.3. The third-order valence-electron chi connectivity index (χ3n) is 2.99. The van der Waals surface area contributed by atoms with E-state index in [0.717, 1.165) is 0 Å². The van der Waals surface area contributed by atoms with Gasteiger partial charge < -0.3 is 9.72 Å². The van der Waals surface area contributed by atoms with Crippen molar-refractivity contribution >= 4 is 10.2 Å². The Labute approximate surface area is 113 Å². The number of nitrogens with zero attached hydrogens (tertiary/aromatic N) is 2. The van der Waals surface area contributed by atoms with Crippen LogP contribution in [0.1, 0.15) is 32.6 Å². The van der Waals surface area contributed by atoms with E-state index >= 15 is 0 Å². The van der Waals surface area contributed by atoms with Gasteiger partial charge in [0.2, 0.25) is 0 Å². The van der Waals surface area contributed by atoms with Gasteiger partial charge in [0.15, 0.2) is 0 Å². The van der Waals surface area contributed by atoms with Crippen LogP contribution in [0.25, 0.3) is 0 Å². The van der Waals surface area contributed by atoms with Crippen LogP contribution in [0, 0.1) is 0 Å². The SMILES string of the molecule is C[C@@H](NS(=O)(=O)N1CCOC(C)(C)C1)c1ncc[nH]1. The number of rotatable bonds is 4. The summed E-state index contributed by atoms with van der Waals surface area (Å²) in [5.74, 6) is 0.594. The minimum Gasteiger partial charge on any atom is -0.373 e. The summed E-state index contributed by atoms with van der Waals surface area (Å²) >= 11 is 0. The molecule has 2 heterocycles. The average Bonchev–Trinajstić information content (AvgIpc) is 2.80. The lowest BCUT2D eigenvalue weighted by atomic mass is 10.1. The van der Waals surface area contributed by atoms with E-state index in [1.165, 1.54) is 4.31 Å². The van der Waals surface area contributed by atoms with Crippen LogP contribution < -0.4 is 4.72 Å². The Bertz CT molecular complexity index is 512. The predicted octanol–water partition coefficient (Wildman–Crippen LogP) is 0.416. The second-order valence-corrected chi connectivity index (χ2v) is 6.96. The van der Waals surface area contributed by atoms with E-state index in [0.29, 0.717) is 25.5 Å². The van der Waals surface area contributed by atoms with Crippen molar-refractivity contribution in [1.29, 1.82) is 0 Å². The fourth-order valence-corrected chi connectivity index (χ4v) is 3.55. The molecular weight excluding hydrogens is 268 g/mol. The monoisotopic (exact) mass is 288 g/mol. The molecule has 108 valence electrons. The number of imidazole rings is 1. The maximum atomic E-state index is 12.3. The van der Waals surface area contributed by atoms with E-state index < -0.39 is 21.9 Å². The van der Waals surface area contributed by atoms with Gasteiger partial charge in [0.25, 0.3) is 10.2 Å². The summed E-state index contributed by atoms with van der Waals surface area (Å²) in [5, 5.41) is 0. The first-order valence-electron chi connectivity index (χ1n) is 6.21. The Hall–Kier alpha value is -0.960. The average molecular weight is 288 g/mol. The zero-order valence-electron chi connectivity index (χ0n) is 11.4. The molecule has 19 heavy (non-hydrogen) atoms. The minimum atomic E-state index is -3.54. The number of hydrogen-bond acceptors (Lipinski definition) is 4. The molecule has 1 aliphatic heterocycles. The number of H-pyrrole nitrogens is 1. The summed E-state index contributed by atoms with van der Waals surface area (Å²) in [6, 6.07) is -0.397. The summed E-state index contributed by atoms with van der Waals surface area (Å²) in [6.45, 7) is 6.62. The van der Waals surface area contributed by atoms with Crippen LogP contribution in [-0.4, -0.2) is 48.0 Å². The lowest BCUT2D eigenvalue weighted by Gasteiger charge is -2.37. The Morgan fingerprint density at radius 3 is 2.89 bits per heavy atom. The van der Waals surface area contributed by atoms with Crippen molar-refractivity contribution in [2.75, 3.05) is 19.7 Å². The smallest absolute Gasteiger partial charge is 0.280 e. The number of ether oxygens (including phenoxy) is 1. The molecule has 1 atom stereocenters. The van der Waals surface area contributed by atoms with E-state index in [9.17, 15) is 8.42 Å². The van der Waals surface area contributed by atoms with E-state index in [1.807, 2.05) is 13.8 Å². The van der Waals surface area contributed by atoms with Crippen molar-refractivity contribution in [1.82, 2.24) is 19.0 Å². The quantitative estimate of drug-likeness (QED) is 0.840. The molecule has 0 saturated carbocycles. The molecule has 1 fully saturated rings. The molecular formula is C11H20N4O3S. The summed E-state index contributed by atoms with van der Waals surface area (Å²) < 4.78 is 34.1. The van der Waals surface area contributed by atoms with Crippen molar-refractivity contribution in [3.05, 3.63) is 18.2 Å². The Morgan fingerprint density at radius 1 is 1.58 bits per heavy atom. The molecule has 8 heteroatoms. The van der Waals surface area contributed by atoms with Crippen LogP contribution in [0.2, 0.25) is 0 Å². The summed E-state index contributed by atoms with van der Waals surface area (Å²) in [4.78, 5) is 6.95. The Morgan fingerprint density at radius 2 is 2.32 bits per heavy atom. The maximum absolute atomic E-state index is 12.3. The third kappa shape index (κ3) is 3.53. The van der Waals surface area contributed by atoms with Gasteiger partial charge in [0.1, 0.15) is 5.82 Å². The van der Waals surface area contributed by atoms with Gasteiger partial charge in [-0.1, -0.05) is 0 Å². The highest BCUT2D eigenvalue weighted by molar-refractivity contribution is 7.87. The highest BCUT2D eigenvalue weighted by atomic mass is 32.2. The summed E-state index contributed by atoms with van der Waals surface area (Å²) in [7, 11) is -3.54. The van der Waals surface area contributed by atoms with Gasteiger partial charge >= 0.3 is 0 Å². The number of morpholine rings is 1. The molecule has 2 N–H and O–H groups in total. The van der Waals surface area contributed by atoms with Crippen LogP contribution in [0.5, 0.6) is 0 Å². The standard InChI is InChI=1S/C11H20N4O3S/c1-9(10-12-4-5-13-10)14-19(16,17)15-6-7-18-11(2,3)8-15/h4-5,9,14H,6-8H2,1-3H3,(H,12,13)/t9-/m1/s1. The number of hydrogen-bond donors (Lipinski definition) is 2. The molecule has 0 bridgehead atoms. The molecule has 2 rings (SSSR count). The fraction of sp³-hybridized carbons (Fsp3) is 0.727. The Balaban J connectivity index is 2.06. The molecule has 1 saturated heterocycles. The van der Waals surface area contributed by atoms with Crippen LogP contribution in [0.3, 0.4) is 0 Å². The van der Waals surface area contributed by atoms with E-state index in [-0.39, 0.29) is 0 Å². The van der Waals surface area contributed by atoms with Crippen LogP contribution in [0.15, 0.2) is 12.4 Å². The molecule has 0 unspecified atom stereocenters. The zero-order valence-corrected chi connectivity index (χ0v) is 12.2. The first-order valence-corrected chi connectivity index (χ1v) is 7.65. The van der Waals surface area contributed by atoms with Crippen molar-refractivity contribution in [2.24, 2.45) is 0 Å². The highest BCUT2D eigenvalue weighted by Gasteiger charge is 2.34. The molecule has 0 spiro atoms. The van der Waals surface area contributed by atoms with Crippen molar-refractivity contribution < 1.29 is 13.2 Å². The first-order chi connectivity index (χ1) is 8.80. The highest BCUT2D eigenvalue weighted by Crippen LogP contribution is 2.19. The molecule has 1 aliphatic rings. The van der Waals surface area contributed by atoms with Crippen molar-refractivity contribution in [3.8, 4) is 0 Å². The van der Waals surface area contributed by atoms with Gasteiger partial charge in [-0.15, -0.1) is 0 Å². The van der Waals surface area contributed by atoms with Crippen molar-refractivity contribution in [3.63, 3.8) is 0 Å². The predicted molar refractivity (Wildman–Crippen MR) is 70.7 cm³/mol. The van der Waals surface area contributed by atoms with Gasteiger partial charge in [0.05, 0.1) is 18.2 Å². The second-order valence-electron chi connectivity index (χ2n) is 5.26. The van der Waals surface area contributed by atoms with Gasteiger partial charge in [0, 0.05) is 25.5 Å². The van der Waals surface area contributed by atoms with Crippen LogP contribution >= 0.6 is 0 Å². The minimum absolute atomic E-state index is 0.340. The molecule has 0 amide bonds. The van der Waals surface area contributed by atoms with E-state index in [1.54, 1.807) is 19.3 Å².